The van der Waals surface area contributed by atoms with Crippen LogP contribution in [0.25, 0.3) is 0 Å². The number of carboxylic acid groups (broad SMARTS) is 1. The maximum atomic E-state index is 11.1. The van der Waals surface area contributed by atoms with E-state index in [1.807, 2.05) is 0 Å². The van der Waals surface area contributed by atoms with Crippen LogP contribution < -0.4 is 4.90 Å². The van der Waals surface area contributed by atoms with Gasteiger partial charge in [-0.3, -0.25) is 4.90 Å². The van der Waals surface area contributed by atoms with E-state index in [2.05, 4.69) is 14.8 Å². The SMILES string of the molecule is O=C(O)c1cc(N2CCC(N3CCCC3)C2)ncc1Cl. The fourth-order valence-corrected chi connectivity index (χ4v) is 3.30. The molecule has 0 bridgehead atoms. The second kappa shape index (κ2) is 5.58. The summed E-state index contributed by atoms with van der Waals surface area (Å²) in [7, 11) is 0. The van der Waals surface area contributed by atoms with Crippen molar-refractivity contribution in [1.29, 1.82) is 0 Å². The number of pyridine rings is 1. The number of hydrogen-bond acceptors (Lipinski definition) is 4. The van der Waals surface area contributed by atoms with Crippen molar-refractivity contribution < 1.29 is 9.90 Å². The molecule has 0 spiro atoms. The van der Waals surface area contributed by atoms with E-state index in [9.17, 15) is 4.79 Å². The Labute approximate surface area is 123 Å². The van der Waals surface area contributed by atoms with Gasteiger partial charge in [0.2, 0.25) is 0 Å². The zero-order chi connectivity index (χ0) is 14.1. The van der Waals surface area contributed by atoms with Crippen LogP contribution in [-0.2, 0) is 0 Å². The average molecular weight is 296 g/mol. The number of aromatic nitrogens is 1. The molecule has 1 N–H and O–H groups in total. The quantitative estimate of drug-likeness (QED) is 0.925. The van der Waals surface area contributed by atoms with Gasteiger partial charge in [-0.05, 0) is 38.4 Å². The van der Waals surface area contributed by atoms with Crippen molar-refractivity contribution in [3.63, 3.8) is 0 Å². The first-order valence-corrected chi connectivity index (χ1v) is 7.41. The van der Waals surface area contributed by atoms with Crippen molar-refractivity contribution in [1.82, 2.24) is 9.88 Å². The molecule has 1 atom stereocenters. The molecule has 20 heavy (non-hydrogen) atoms. The molecule has 5 nitrogen and oxygen atoms in total. The monoisotopic (exact) mass is 295 g/mol. The van der Waals surface area contributed by atoms with E-state index in [0.29, 0.717) is 11.9 Å². The van der Waals surface area contributed by atoms with E-state index in [0.717, 1.165) is 19.5 Å². The Balaban J connectivity index is 1.74. The number of likely N-dealkylation sites (tertiary alicyclic amines) is 1. The topological polar surface area (TPSA) is 56.7 Å². The maximum absolute atomic E-state index is 11.1. The summed E-state index contributed by atoms with van der Waals surface area (Å²) in [4.78, 5) is 20.1. The third-order valence-electron chi connectivity index (χ3n) is 4.22. The van der Waals surface area contributed by atoms with Gasteiger partial charge < -0.3 is 10.0 Å². The van der Waals surface area contributed by atoms with Crippen molar-refractivity contribution in [2.24, 2.45) is 0 Å². The van der Waals surface area contributed by atoms with Gasteiger partial charge in [0.15, 0.2) is 0 Å². The fourth-order valence-electron chi connectivity index (χ4n) is 3.12. The summed E-state index contributed by atoms with van der Waals surface area (Å²) >= 11 is 5.86. The average Bonchev–Trinajstić information content (AvgIpc) is 3.09. The highest BCUT2D eigenvalue weighted by Crippen LogP contribution is 2.26. The molecule has 1 aromatic rings. The molecule has 0 saturated carbocycles. The number of carboxylic acids is 1. The number of aromatic carboxylic acids is 1. The molecule has 0 aromatic carbocycles. The van der Waals surface area contributed by atoms with Gasteiger partial charge in [-0.1, -0.05) is 11.6 Å². The molecule has 0 aliphatic carbocycles. The van der Waals surface area contributed by atoms with E-state index in [1.54, 1.807) is 6.07 Å². The summed E-state index contributed by atoms with van der Waals surface area (Å²) in [6, 6.07) is 2.15. The number of halogens is 1. The highest BCUT2D eigenvalue weighted by molar-refractivity contribution is 6.33. The van der Waals surface area contributed by atoms with E-state index < -0.39 is 5.97 Å². The van der Waals surface area contributed by atoms with E-state index in [-0.39, 0.29) is 10.6 Å². The molecular weight excluding hydrogens is 278 g/mol. The highest BCUT2D eigenvalue weighted by Gasteiger charge is 2.30. The Bertz CT molecular complexity index is 517. The molecule has 2 fully saturated rings. The number of nitrogens with zero attached hydrogens (tertiary/aromatic N) is 3. The standard InChI is InChI=1S/C14H18ClN3O2/c15-12-8-16-13(7-11(12)14(19)20)18-6-3-10(9-18)17-4-1-2-5-17/h7-8,10H,1-6,9H2,(H,19,20). The van der Waals surface area contributed by atoms with E-state index in [1.165, 1.54) is 32.1 Å². The molecule has 108 valence electrons. The minimum absolute atomic E-state index is 0.126. The second-order valence-corrected chi connectivity index (χ2v) is 5.87. The van der Waals surface area contributed by atoms with Crippen LogP contribution in [0.2, 0.25) is 5.02 Å². The molecule has 1 aromatic heterocycles. The predicted molar refractivity (Wildman–Crippen MR) is 77.6 cm³/mol. The Hall–Kier alpha value is -1.33. The van der Waals surface area contributed by atoms with Crippen LogP contribution in [0.4, 0.5) is 5.82 Å². The summed E-state index contributed by atoms with van der Waals surface area (Å²) < 4.78 is 0. The molecule has 3 rings (SSSR count). The van der Waals surface area contributed by atoms with Gasteiger partial charge in [-0.25, -0.2) is 9.78 Å². The van der Waals surface area contributed by atoms with Gasteiger partial charge in [0.1, 0.15) is 5.82 Å². The summed E-state index contributed by atoms with van der Waals surface area (Å²) in [6.45, 7) is 4.22. The Morgan fingerprint density at radius 1 is 1.35 bits per heavy atom. The predicted octanol–water partition coefficient (Wildman–Crippen LogP) is 2.11. The van der Waals surface area contributed by atoms with Crippen molar-refractivity contribution in [2.75, 3.05) is 31.1 Å². The van der Waals surface area contributed by atoms with Crippen LogP contribution in [0.15, 0.2) is 12.3 Å². The van der Waals surface area contributed by atoms with Crippen LogP contribution in [0.1, 0.15) is 29.6 Å². The lowest BCUT2D eigenvalue weighted by atomic mass is 10.2. The number of anilines is 1. The van der Waals surface area contributed by atoms with Gasteiger partial charge in [-0.15, -0.1) is 0 Å². The number of hydrogen-bond donors (Lipinski definition) is 1. The smallest absolute Gasteiger partial charge is 0.337 e. The van der Waals surface area contributed by atoms with E-state index >= 15 is 0 Å². The first-order valence-electron chi connectivity index (χ1n) is 7.03. The van der Waals surface area contributed by atoms with Crippen molar-refractivity contribution in [3.8, 4) is 0 Å². The Morgan fingerprint density at radius 3 is 2.80 bits per heavy atom. The first-order chi connectivity index (χ1) is 9.65. The molecule has 3 heterocycles. The summed E-state index contributed by atoms with van der Waals surface area (Å²) in [5.41, 5.74) is 0.126. The van der Waals surface area contributed by atoms with Crippen molar-refractivity contribution in [2.45, 2.75) is 25.3 Å². The van der Waals surface area contributed by atoms with Gasteiger partial charge in [0.25, 0.3) is 0 Å². The van der Waals surface area contributed by atoms with Gasteiger partial charge in [0, 0.05) is 25.3 Å². The van der Waals surface area contributed by atoms with Crippen LogP contribution in [0.5, 0.6) is 0 Å². The lowest BCUT2D eigenvalue weighted by Crippen LogP contribution is -2.35. The zero-order valence-corrected chi connectivity index (χ0v) is 12.0. The second-order valence-electron chi connectivity index (χ2n) is 5.46. The minimum atomic E-state index is -1.01. The van der Waals surface area contributed by atoms with Crippen LogP contribution >= 0.6 is 11.6 Å². The highest BCUT2D eigenvalue weighted by atomic mass is 35.5. The molecule has 0 amide bonds. The van der Waals surface area contributed by atoms with Gasteiger partial charge >= 0.3 is 5.97 Å². The normalized spacial score (nSPS) is 23.4. The fraction of sp³-hybridized carbons (Fsp3) is 0.571. The molecule has 6 heteroatoms. The summed E-state index contributed by atoms with van der Waals surface area (Å²) in [5, 5.41) is 9.31. The molecule has 2 aliphatic rings. The third-order valence-corrected chi connectivity index (χ3v) is 4.52. The minimum Gasteiger partial charge on any atom is -0.478 e. The number of rotatable bonds is 3. The zero-order valence-electron chi connectivity index (χ0n) is 11.3. The Morgan fingerprint density at radius 2 is 2.10 bits per heavy atom. The van der Waals surface area contributed by atoms with Crippen molar-refractivity contribution in [3.05, 3.63) is 22.8 Å². The van der Waals surface area contributed by atoms with Gasteiger partial charge in [0.05, 0.1) is 10.6 Å². The largest absolute Gasteiger partial charge is 0.478 e. The molecule has 0 radical (unpaired) electrons. The van der Waals surface area contributed by atoms with Gasteiger partial charge in [-0.2, -0.15) is 0 Å². The molecular formula is C14H18ClN3O2. The van der Waals surface area contributed by atoms with Crippen LogP contribution in [0.3, 0.4) is 0 Å². The Kier molecular flexibility index (Phi) is 3.81. The lowest BCUT2D eigenvalue weighted by molar-refractivity contribution is 0.0697. The van der Waals surface area contributed by atoms with Crippen LogP contribution in [-0.4, -0.2) is 53.2 Å². The summed E-state index contributed by atoms with van der Waals surface area (Å²) in [6.07, 6.45) is 5.13. The molecule has 1 unspecified atom stereocenters. The van der Waals surface area contributed by atoms with E-state index in [4.69, 9.17) is 16.7 Å². The maximum Gasteiger partial charge on any atom is 0.337 e. The number of carbonyl (C=O) groups is 1. The van der Waals surface area contributed by atoms with Crippen LogP contribution in [0, 0.1) is 0 Å². The molecule has 2 aliphatic heterocycles. The molecule has 2 saturated heterocycles. The first kappa shape index (κ1) is 13.6. The lowest BCUT2D eigenvalue weighted by Gasteiger charge is -2.24. The third kappa shape index (κ3) is 2.60. The summed E-state index contributed by atoms with van der Waals surface area (Å²) in [5.74, 6) is -0.289. The van der Waals surface area contributed by atoms with Crippen molar-refractivity contribution >= 4 is 23.4 Å².